The fraction of sp³-hybridized carbons (Fsp3) is 0.825. The zero-order valence-electron chi connectivity index (χ0n) is 59.1. The second kappa shape index (κ2) is 68.5. The van der Waals surface area contributed by atoms with Crippen molar-refractivity contribution >= 4 is 11.9 Å². The van der Waals surface area contributed by atoms with Crippen LogP contribution >= 0.6 is 0 Å². The van der Waals surface area contributed by atoms with Gasteiger partial charge in [-0.3, -0.25) is 9.59 Å². The van der Waals surface area contributed by atoms with Crippen LogP contribution in [-0.4, -0.2) is 100 Å². The molecule has 0 spiro atoms. The highest BCUT2D eigenvalue weighted by Crippen LogP contribution is 2.23. The highest BCUT2D eigenvalue weighted by atomic mass is 16.7. The molecule has 0 bridgehead atoms. The zero-order chi connectivity index (χ0) is 65.8. The van der Waals surface area contributed by atoms with Gasteiger partial charge in [0, 0.05) is 12.8 Å². The minimum Gasteiger partial charge on any atom is -0.466 e. The molecule has 1 fully saturated rings. The largest absolute Gasteiger partial charge is 0.466 e. The molecule has 1 rings (SSSR count). The molecule has 0 aromatic carbocycles. The Hall–Kier alpha value is -2.90. The normalized spacial score (nSPS) is 18.0. The summed E-state index contributed by atoms with van der Waals surface area (Å²) in [5.41, 5.74) is 0. The van der Waals surface area contributed by atoms with Crippen LogP contribution in [-0.2, 0) is 23.8 Å². The average Bonchev–Trinajstić information content (AvgIpc) is 1.17. The Bertz CT molecular complexity index is 1740. The Morgan fingerprint density at radius 1 is 0.407 bits per heavy atom. The van der Waals surface area contributed by atoms with Gasteiger partial charge in [-0.1, -0.05) is 311 Å². The van der Waals surface area contributed by atoms with Crippen LogP contribution in [0, 0.1) is 0 Å². The molecule has 11 nitrogen and oxygen atoms in total. The number of amides is 1. The van der Waals surface area contributed by atoms with Gasteiger partial charge in [-0.2, -0.15) is 0 Å². The molecular weight excluding hydrogens is 1130 g/mol. The Labute approximate surface area is 560 Å². The van der Waals surface area contributed by atoms with E-state index in [9.17, 15) is 35.1 Å². The summed E-state index contributed by atoms with van der Waals surface area (Å²) in [6.45, 7) is 4.30. The second-order valence-corrected chi connectivity index (χ2v) is 26.7. The molecule has 1 aliphatic rings. The zero-order valence-corrected chi connectivity index (χ0v) is 59.1. The van der Waals surface area contributed by atoms with Crippen LogP contribution in [0.4, 0.5) is 0 Å². The van der Waals surface area contributed by atoms with Gasteiger partial charge in [0.2, 0.25) is 5.91 Å². The molecule has 530 valence electrons. The highest BCUT2D eigenvalue weighted by molar-refractivity contribution is 5.76. The summed E-state index contributed by atoms with van der Waals surface area (Å²) >= 11 is 0. The first-order valence-electron chi connectivity index (χ1n) is 38.7. The third-order valence-corrected chi connectivity index (χ3v) is 18.0. The van der Waals surface area contributed by atoms with Gasteiger partial charge in [0.15, 0.2) is 6.29 Å². The molecular formula is C80H145NO10. The fourth-order valence-corrected chi connectivity index (χ4v) is 11.9. The smallest absolute Gasteiger partial charge is 0.305 e. The minimum absolute atomic E-state index is 0.00237. The van der Waals surface area contributed by atoms with Gasteiger partial charge in [-0.25, -0.2) is 0 Å². The molecule has 1 aliphatic heterocycles. The third-order valence-electron chi connectivity index (χ3n) is 18.0. The number of hydrogen-bond donors (Lipinski definition) is 6. The average molecular weight is 1280 g/mol. The number of nitrogens with one attached hydrogen (secondary N) is 1. The number of ether oxygens (including phenoxy) is 3. The summed E-state index contributed by atoms with van der Waals surface area (Å²) in [5, 5.41) is 54.3. The quantitative estimate of drug-likeness (QED) is 0.0195. The van der Waals surface area contributed by atoms with Crippen molar-refractivity contribution in [2.45, 2.75) is 403 Å². The van der Waals surface area contributed by atoms with Crippen molar-refractivity contribution in [1.82, 2.24) is 5.32 Å². The summed E-state index contributed by atoms with van der Waals surface area (Å²) in [7, 11) is 0. The number of hydrogen-bond acceptors (Lipinski definition) is 10. The van der Waals surface area contributed by atoms with Crippen LogP contribution in [0.3, 0.4) is 0 Å². The van der Waals surface area contributed by atoms with Crippen LogP contribution in [0.5, 0.6) is 0 Å². The van der Waals surface area contributed by atoms with E-state index < -0.39 is 49.5 Å². The van der Waals surface area contributed by atoms with Crippen LogP contribution in [0.2, 0.25) is 0 Å². The van der Waals surface area contributed by atoms with Crippen molar-refractivity contribution in [3.63, 3.8) is 0 Å². The van der Waals surface area contributed by atoms with Crippen molar-refractivity contribution in [1.29, 1.82) is 0 Å². The second-order valence-electron chi connectivity index (χ2n) is 26.7. The molecule has 0 aromatic rings. The fourth-order valence-electron chi connectivity index (χ4n) is 11.9. The first-order chi connectivity index (χ1) is 44.7. The van der Waals surface area contributed by atoms with Crippen molar-refractivity contribution in [2.75, 3.05) is 19.8 Å². The maximum atomic E-state index is 13.0. The standard InChI is InChI=1S/C80H145NO10/c1-3-5-7-9-11-13-15-16-17-18-39-42-45-48-52-56-60-64-68-76(85)89-69-65-61-57-53-49-46-43-40-37-35-33-31-29-27-25-23-21-19-20-22-24-26-28-30-32-34-36-38-41-44-47-51-55-59-63-67-75(84)81-72(71-90-80-79(88)78(87)77(86)74(70-82)91-80)73(83)66-62-58-54-50-14-12-10-8-6-4-2/h13-15,17-18,21,23,27,29,50,62,66,72-74,77-80,82-83,86-88H,3-12,16,19-20,22,24-26,28,30-49,51-61,63-65,67-71H2,1-2H3,(H,81,84)/b15-13-,18-17-,23-21-,29-27-,50-14+,66-62+. The summed E-state index contributed by atoms with van der Waals surface area (Å²) in [6.07, 6.45) is 83.7. The lowest BCUT2D eigenvalue weighted by Crippen LogP contribution is -2.60. The van der Waals surface area contributed by atoms with Crippen molar-refractivity contribution in [3.05, 3.63) is 72.9 Å². The Kier molecular flexibility index (Phi) is 64.8. The summed E-state index contributed by atoms with van der Waals surface area (Å²) in [4.78, 5) is 25.2. The molecule has 0 aliphatic carbocycles. The SMILES string of the molecule is CCCCCC/C=C\C/C=C\CCCCCCCCCC(=O)OCCCCCCCCCCCCC/C=C\C/C=C\CCCCCCCCCCCCCCCCCCCC(=O)NC(COC1OC(CO)C(O)C(O)C1O)C(O)/C=C/CC/C=C/CCCCCC. The lowest BCUT2D eigenvalue weighted by Gasteiger charge is -2.40. The molecule has 0 radical (unpaired) electrons. The first-order valence-corrected chi connectivity index (χ1v) is 38.7. The topological polar surface area (TPSA) is 175 Å². The van der Waals surface area contributed by atoms with Gasteiger partial charge in [0.25, 0.3) is 0 Å². The Morgan fingerprint density at radius 3 is 1.15 bits per heavy atom. The van der Waals surface area contributed by atoms with Gasteiger partial charge in [0.05, 0.1) is 32.0 Å². The molecule has 0 aromatic heterocycles. The van der Waals surface area contributed by atoms with Crippen LogP contribution < -0.4 is 5.32 Å². The number of allylic oxidation sites excluding steroid dienone is 11. The molecule has 91 heavy (non-hydrogen) atoms. The van der Waals surface area contributed by atoms with E-state index in [1.54, 1.807) is 6.08 Å². The van der Waals surface area contributed by atoms with Gasteiger partial charge in [-0.15, -0.1) is 0 Å². The number of unbranched alkanes of at least 4 members (excludes halogenated alkanes) is 44. The van der Waals surface area contributed by atoms with E-state index >= 15 is 0 Å². The molecule has 6 N–H and O–H groups in total. The van der Waals surface area contributed by atoms with E-state index in [1.165, 1.54) is 263 Å². The van der Waals surface area contributed by atoms with Gasteiger partial charge >= 0.3 is 5.97 Å². The summed E-state index contributed by atoms with van der Waals surface area (Å²) in [6, 6.07) is -0.826. The van der Waals surface area contributed by atoms with E-state index in [-0.39, 0.29) is 18.5 Å². The maximum Gasteiger partial charge on any atom is 0.305 e. The molecule has 7 unspecified atom stereocenters. The van der Waals surface area contributed by atoms with E-state index in [1.807, 2.05) is 6.08 Å². The first kappa shape index (κ1) is 86.1. The van der Waals surface area contributed by atoms with Crippen LogP contribution in [0.15, 0.2) is 72.9 Å². The van der Waals surface area contributed by atoms with E-state index in [0.29, 0.717) is 19.4 Å². The molecule has 1 saturated heterocycles. The molecule has 1 amide bonds. The monoisotopic (exact) mass is 1280 g/mol. The van der Waals surface area contributed by atoms with E-state index in [0.717, 1.165) is 70.6 Å². The van der Waals surface area contributed by atoms with Crippen molar-refractivity contribution < 1.29 is 49.3 Å². The lowest BCUT2D eigenvalue weighted by atomic mass is 9.99. The number of aliphatic hydroxyl groups is 5. The van der Waals surface area contributed by atoms with E-state index in [2.05, 4.69) is 79.9 Å². The van der Waals surface area contributed by atoms with E-state index in [4.69, 9.17) is 14.2 Å². The van der Waals surface area contributed by atoms with Crippen molar-refractivity contribution in [2.24, 2.45) is 0 Å². The molecule has 7 atom stereocenters. The lowest BCUT2D eigenvalue weighted by molar-refractivity contribution is -0.302. The number of carbonyl (C=O) groups excluding carboxylic acids is 2. The maximum absolute atomic E-state index is 13.0. The van der Waals surface area contributed by atoms with Gasteiger partial charge in [0.1, 0.15) is 24.4 Å². The molecule has 0 saturated carbocycles. The van der Waals surface area contributed by atoms with Gasteiger partial charge < -0.3 is 45.1 Å². The predicted molar refractivity (Wildman–Crippen MR) is 384 cm³/mol. The van der Waals surface area contributed by atoms with Crippen LogP contribution in [0.1, 0.15) is 361 Å². The number of carbonyl (C=O) groups is 2. The molecule has 11 heteroatoms. The number of rotatable bonds is 68. The number of esters is 1. The minimum atomic E-state index is -1.58. The summed E-state index contributed by atoms with van der Waals surface area (Å²) in [5.74, 6) is -0.188. The van der Waals surface area contributed by atoms with Gasteiger partial charge in [-0.05, 0) is 109 Å². The Balaban J connectivity index is 1.89. The third kappa shape index (κ3) is 57.1. The molecule has 1 heterocycles. The van der Waals surface area contributed by atoms with Crippen molar-refractivity contribution in [3.8, 4) is 0 Å². The summed E-state index contributed by atoms with van der Waals surface area (Å²) < 4.78 is 16.7. The Morgan fingerprint density at radius 2 is 0.747 bits per heavy atom. The number of aliphatic hydroxyl groups excluding tert-OH is 5. The van der Waals surface area contributed by atoms with Crippen LogP contribution in [0.25, 0.3) is 0 Å². The highest BCUT2D eigenvalue weighted by Gasteiger charge is 2.44. The predicted octanol–water partition coefficient (Wildman–Crippen LogP) is 20.6.